The summed E-state index contributed by atoms with van der Waals surface area (Å²) in [6, 6.07) is 0. The first-order valence-corrected chi connectivity index (χ1v) is 7.50. The van der Waals surface area contributed by atoms with E-state index in [9.17, 15) is 14.4 Å². The van der Waals surface area contributed by atoms with Gasteiger partial charge in [-0.05, 0) is 41.5 Å². The first-order chi connectivity index (χ1) is 10.6. The minimum atomic E-state index is -2.41. The molecule has 0 amide bonds. The zero-order valence-electron chi connectivity index (χ0n) is 14.3. The molecule has 0 unspecified atom stereocenters. The summed E-state index contributed by atoms with van der Waals surface area (Å²) >= 11 is 0. The van der Waals surface area contributed by atoms with Crippen LogP contribution in [0.1, 0.15) is 41.5 Å². The van der Waals surface area contributed by atoms with Crippen LogP contribution in [-0.2, 0) is 38.1 Å². The van der Waals surface area contributed by atoms with Crippen molar-refractivity contribution in [1.29, 1.82) is 0 Å². The second-order valence-electron chi connectivity index (χ2n) is 5.95. The van der Waals surface area contributed by atoms with Crippen molar-refractivity contribution in [2.24, 2.45) is 0 Å². The van der Waals surface area contributed by atoms with E-state index in [2.05, 4.69) is 0 Å². The van der Waals surface area contributed by atoms with Crippen molar-refractivity contribution < 1.29 is 38.1 Å². The first kappa shape index (κ1) is 19.4. The lowest BCUT2D eigenvalue weighted by atomic mass is 10.2. The minimum Gasteiger partial charge on any atom is -0.462 e. The van der Waals surface area contributed by atoms with Crippen molar-refractivity contribution in [2.75, 3.05) is 13.2 Å². The standard InChI is InChI=1S/C15H24O8/c1-7-19-12(17)15(13(18)20-8-2)21-9(3)10(22-15)11(16)23-14(4,5)6/h9-10H,7-8H2,1-6H3/t9-,10-/m1/s1. The van der Waals surface area contributed by atoms with Crippen LogP contribution in [0.25, 0.3) is 0 Å². The zero-order valence-corrected chi connectivity index (χ0v) is 14.3. The average molecular weight is 332 g/mol. The first-order valence-electron chi connectivity index (χ1n) is 7.50. The largest absolute Gasteiger partial charge is 0.462 e. The van der Waals surface area contributed by atoms with Gasteiger partial charge in [-0.3, -0.25) is 0 Å². The zero-order chi connectivity index (χ0) is 17.8. The molecular weight excluding hydrogens is 308 g/mol. The second kappa shape index (κ2) is 7.27. The maximum atomic E-state index is 12.2. The highest BCUT2D eigenvalue weighted by molar-refractivity contribution is 6.02. The van der Waals surface area contributed by atoms with E-state index < -0.39 is 41.5 Å². The summed E-state index contributed by atoms with van der Waals surface area (Å²) in [7, 11) is 0. The molecule has 1 aliphatic rings. The van der Waals surface area contributed by atoms with Crippen LogP contribution >= 0.6 is 0 Å². The van der Waals surface area contributed by atoms with Gasteiger partial charge in [-0.1, -0.05) is 0 Å². The summed E-state index contributed by atoms with van der Waals surface area (Å²) in [6.45, 7) is 9.73. The molecule has 0 aromatic carbocycles. The molecule has 23 heavy (non-hydrogen) atoms. The van der Waals surface area contributed by atoms with Gasteiger partial charge in [0.2, 0.25) is 0 Å². The molecule has 0 aliphatic carbocycles. The highest BCUT2D eigenvalue weighted by Crippen LogP contribution is 2.33. The molecule has 0 N–H and O–H groups in total. The van der Waals surface area contributed by atoms with Crippen LogP contribution in [0.2, 0.25) is 0 Å². The lowest BCUT2D eigenvalue weighted by Gasteiger charge is -2.24. The number of rotatable bonds is 5. The molecule has 1 heterocycles. The molecule has 0 aromatic heterocycles. The van der Waals surface area contributed by atoms with Crippen molar-refractivity contribution in [3.8, 4) is 0 Å². The van der Waals surface area contributed by atoms with Gasteiger partial charge in [-0.15, -0.1) is 0 Å². The smallest absolute Gasteiger partial charge is 0.379 e. The van der Waals surface area contributed by atoms with Crippen molar-refractivity contribution in [3.05, 3.63) is 0 Å². The van der Waals surface area contributed by atoms with Crippen molar-refractivity contribution in [1.82, 2.24) is 0 Å². The normalized spacial score (nSPS) is 23.2. The van der Waals surface area contributed by atoms with E-state index in [1.54, 1.807) is 34.6 Å². The summed E-state index contributed by atoms with van der Waals surface area (Å²) in [5.41, 5.74) is -0.751. The van der Waals surface area contributed by atoms with E-state index in [4.69, 9.17) is 23.7 Å². The summed E-state index contributed by atoms with van der Waals surface area (Å²) < 4.78 is 25.6. The second-order valence-corrected chi connectivity index (χ2v) is 5.95. The van der Waals surface area contributed by atoms with Gasteiger partial charge >= 0.3 is 23.7 Å². The SMILES string of the molecule is CCOC(=O)C1(C(=O)OCC)O[C@H](C)[C@H](C(=O)OC(C)(C)C)O1. The fourth-order valence-corrected chi connectivity index (χ4v) is 1.95. The summed E-state index contributed by atoms with van der Waals surface area (Å²) in [4.78, 5) is 36.5. The third-order valence-corrected chi connectivity index (χ3v) is 2.80. The molecule has 1 fully saturated rings. The van der Waals surface area contributed by atoms with E-state index >= 15 is 0 Å². The Bertz CT molecular complexity index is 447. The van der Waals surface area contributed by atoms with Gasteiger partial charge in [0.05, 0.1) is 19.3 Å². The Balaban J connectivity index is 3.04. The molecule has 0 radical (unpaired) electrons. The number of ether oxygens (including phenoxy) is 5. The third kappa shape index (κ3) is 4.42. The Hall–Kier alpha value is -1.67. The summed E-state index contributed by atoms with van der Waals surface area (Å²) in [5.74, 6) is -5.26. The van der Waals surface area contributed by atoms with Crippen molar-refractivity contribution in [3.63, 3.8) is 0 Å². The Morgan fingerprint density at radius 1 is 1.00 bits per heavy atom. The lowest BCUT2D eigenvalue weighted by molar-refractivity contribution is -0.228. The van der Waals surface area contributed by atoms with Gasteiger partial charge in [0.1, 0.15) is 5.60 Å². The van der Waals surface area contributed by atoms with Crippen LogP contribution in [0.4, 0.5) is 0 Å². The number of hydrogen-bond donors (Lipinski definition) is 0. The monoisotopic (exact) mass is 332 g/mol. The summed E-state index contributed by atoms with van der Waals surface area (Å²) in [5, 5.41) is 0. The molecule has 1 aliphatic heterocycles. The molecule has 0 saturated carbocycles. The molecule has 0 spiro atoms. The van der Waals surface area contributed by atoms with E-state index in [0.29, 0.717) is 0 Å². The third-order valence-electron chi connectivity index (χ3n) is 2.80. The molecule has 1 saturated heterocycles. The van der Waals surface area contributed by atoms with Gasteiger partial charge in [-0.25, -0.2) is 14.4 Å². The molecule has 2 atom stereocenters. The van der Waals surface area contributed by atoms with Crippen molar-refractivity contribution in [2.45, 2.75) is 65.1 Å². The predicted octanol–water partition coefficient (Wildman–Crippen LogP) is 0.954. The van der Waals surface area contributed by atoms with Crippen LogP contribution in [0.5, 0.6) is 0 Å². The maximum absolute atomic E-state index is 12.2. The highest BCUT2D eigenvalue weighted by Gasteiger charge is 2.62. The number of carbonyl (C=O) groups excluding carboxylic acids is 3. The van der Waals surface area contributed by atoms with E-state index in [1.807, 2.05) is 0 Å². The maximum Gasteiger partial charge on any atom is 0.379 e. The average Bonchev–Trinajstić information content (AvgIpc) is 2.76. The van der Waals surface area contributed by atoms with Crippen molar-refractivity contribution >= 4 is 17.9 Å². The lowest BCUT2D eigenvalue weighted by Crippen LogP contribution is -2.51. The topological polar surface area (TPSA) is 97.4 Å². The van der Waals surface area contributed by atoms with Crippen LogP contribution < -0.4 is 0 Å². The molecule has 1 rings (SSSR count). The molecule has 8 heteroatoms. The van der Waals surface area contributed by atoms with E-state index in [0.717, 1.165) is 0 Å². The van der Waals surface area contributed by atoms with Gasteiger partial charge in [0.15, 0.2) is 6.10 Å². The van der Waals surface area contributed by atoms with Crippen LogP contribution in [0.15, 0.2) is 0 Å². The van der Waals surface area contributed by atoms with Crippen LogP contribution in [-0.4, -0.2) is 54.7 Å². The van der Waals surface area contributed by atoms with Crippen LogP contribution in [0, 0.1) is 0 Å². The van der Waals surface area contributed by atoms with E-state index in [-0.39, 0.29) is 13.2 Å². The Kier molecular flexibility index (Phi) is 6.12. The number of hydrogen-bond acceptors (Lipinski definition) is 8. The Morgan fingerprint density at radius 3 is 1.87 bits per heavy atom. The fraction of sp³-hybridized carbons (Fsp3) is 0.800. The molecule has 0 bridgehead atoms. The number of esters is 3. The molecular formula is C15H24O8. The molecule has 0 aromatic rings. The quantitative estimate of drug-likeness (QED) is 0.417. The Morgan fingerprint density at radius 2 is 1.48 bits per heavy atom. The minimum absolute atomic E-state index is 0.0121. The molecule has 132 valence electrons. The van der Waals surface area contributed by atoms with Gasteiger partial charge in [-0.2, -0.15) is 0 Å². The fourth-order valence-electron chi connectivity index (χ4n) is 1.95. The van der Waals surface area contributed by atoms with Gasteiger partial charge < -0.3 is 23.7 Å². The Labute approximate surface area is 135 Å². The van der Waals surface area contributed by atoms with E-state index in [1.165, 1.54) is 6.92 Å². The summed E-state index contributed by atoms with van der Waals surface area (Å²) in [6.07, 6.45) is -2.14. The highest BCUT2D eigenvalue weighted by atomic mass is 16.8. The van der Waals surface area contributed by atoms with Crippen LogP contribution in [0.3, 0.4) is 0 Å². The van der Waals surface area contributed by atoms with Gasteiger partial charge in [0, 0.05) is 0 Å². The predicted molar refractivity (Wildman–Crippen MR) is 77.3 cm³/mol. The van der Waals surface area contributed by atoms with Gasteiger partial charge in [0.25, 0.3) is 0 Å². The number of carbonyl (C=O) groups is 3. The molecule has 8 nitrogen and oxygen atoms in total.